The van der Waals surface area contributed by atoms with Gasteiger partial charge in [-0.3, -0.25) is 0 Å². The van der Waals surface area contributed by atoms with E-state index >= 15 is 0 Å². The first kappa shape index (κ1) is 46.8. The van der Waals surface area contributed by atoms with Crippen LogP contribution in [0.2, 0.25) is 0 Å². The number of nitrogens with zero attached hydrogens (tertiary/aromatic N) is 2. The molecule has 2 nitrogen and oxygen atoms in total. The largest absolute Gasteiger partial charge is 0.310 e. The van der Waals surface area contributed by atoms with Crippen LogP contribution in [0.25, 0.3) is 65.7 Å². The van der Waals surface area contributed by atoms with E-state index in [0.29, 0.717) is 0 Å². The van der Waals surface area contributed by atoms with Gasteiger partial charge in [0, 0.05) is 38.9 Å². The Morgan fingerprint density at radius 1 is 0.437 bits per heavy atom. The van der Waals surface area contributed by atoms with Gasteiger partial charge < -0.3 is 9.80 Å². The van der Waals surface area contributed by atoms with Crippen molar-refractivity contribution in [1.29, 1.82) is 0 Å². The Morgan fingerprint density at radius 3 is 1.55 bits per heavy atom. The Labute approximate surface area is 421 Å². The fraction of sp³-hybridized carbons (Fsp3) is 0.159. The summed E-state index contributed by atoms with van der Waals surface area (Å²) in [4.78, 5) is 4.95. The predicted octanol–water partition coefficient (Wildman–Crippen LogP) is 20.0. The molecule has 10 rings (SSSR count). The molecule has 71 heavy (non-hydrogen) atoms. The molecule has 0 aliphatic rings. The number of rotatable bonds is 11. The van der Waals surface area contributed by atoms with Gasteiger partial charge in [-0.15, -0.1) is 0 Å². The first-order valence-electron chi connectivity index (χ1n) is 25.1. The van der Waals surface area contributed by atoms with E-state index in [1.54, 1.807) is 0 Å². The molecule has 0 aliphatic carbocycles. The van der Waals surface area contributed by atoms with Crippen molar-refractivity contribution in [2.75, 3.05) is 9.80 Å². The molecule has 0 aromatic heterocycles. The minimum atomic E-state index is -0.0227. The maximum atomic E-state index is 4.91. The van der Waals surface area contributed by atoms with Crippen molar-refractivity contribution in [2.24, 2.45) is 0 Å². The summed E-state index contributed by atoms with van der Waals surface area (Å²) in [6.07, 6.45) is 8.41. The highest BCUT2D eigenvalue weighted by Gasteiger charge is 2.28. The Kier molecular flexibility index (Phi) is 12.4. The molecule has 0 spiro atoms. The molecule has 2 heteroatoms. The van der Waals surface area contributed by atoms with Gasteiger partial charge in [-0.05, 0) is 179 Å². The van der Waals surface area contributed by atoms with E-state index in [2.05, 4.69) is 273 Å². The monoisotopic (exact) mass is 921 g/mol. The molecular formula is C69H64N2. The molecule has 0 bridgehead atoms. The molecular weight excluding hydrogens is 857 g/mol. The first-order valence-corrected chi connectivity index (χ1v) is 25.1. The maximum Gasteiger partial charge on any atom is 0.0561 e. The lowest BCUT2D eigenvalue weighted by molar-refractivity contribution is 0.591. The third-order valence-electron chi connectivity index (χ3n) is 14.6. The summed E-state index contributed by atoms with van der Waals surface area (Å²) in [6.45, 7) is 27.3. The fourth-order valence-electron chi connectivity index (χ4n) is 10.9. The average Bonchev–Trinajstić information content (AvgIpc) is 3.35. The molecule has 0 atom stereocenters. The van der Waals surface area contributed by atoms with E-state index in [9.17, 15) is 0 Å². The summed E-state index contributed by atoms with van der Waals surface area (Å²) >= 11 is 0. The van der Waals surface area contributed by atoms with Crippen LogP contribution < -0.4 is 9.80 Å². The van der Waals surface area contributed by atoms with E-state index in [1.807, 2.05) is 0 Å². The van der Waals surface area contributed by atoms with Crippen LogP contribution in [0, 0.1) is 41.5 Å². The van der Waals surface area contributed by atoms with Crippen molar-refractivity contribution in [1.82, 2.24) is 0 Å². The lowest BCUT2D eigenvalue weighted by Crippen LogP contribution is -2.18. The highest BCUT2D eigenvalue weighted by Crippen LogP contribution is 2.52. The molecule has 350 valence electrons. The van der Waals surface area contributed by atoms with Crippen LogP contribution in [0.15, 0.2) is 206 Å². The second-order valence-corrected chi connectivity index (χ2v) is 20.6. The highest BCUT2D eigenvalue weighted by atomic mass is 15.2. The molecule has 0 aliphatic heterocycles. The van der Waals surface area contributed by atoms with Crippen molar-refractivity contribution >= 4 is 60.8 Å². The molecule has 0 fully saturated rings. The third-order valence-corrected chi connectivity index (χ3v) is 14.6. The second-order valence-electron chi connectivity index (χ2n) is 20.6. The number of anilines is 5. The summed E-state index contributed by atoms with van der Waals surface area (Å²) < 4.78 is 0. The van der Waals surface area contributed by atoms with E-state index < -0.39 is 0 Å². The van der Waals surface area contributed by atoms with Crippen molar-refractivity contribution in [2.45, 2.75) is 74.7 Å². The van der Waals surface area contributed by atoms with Crippen molar-refractivity contribution < 1.29 is 0 Å². The lowest BCUT2D eigenvalue weighted by atomic mass is 9.83. The zero-order valence-corrected chi connectivity index (χ0v) is 43.1. The van der Waals surface area contributed by atoms with Gasteiger partial charge in [-0.2, -0.15) is 0 Å². The van der Waals surface area contributed by atoms with Crippen LogP contribution in [0.3, 0.4) is 0 Å². The SMILES string of the molecule is C=C(/C=C\C=C/C)N(c1cc(-c2c(C)cccc2C)ccc1C)c1cc(N(c2cccc(-c3ccccc3)c2)c2cc(-c3c(C)cccc3C)ccc2C)c2ccc3cc(C(C)(C)C)cc4ccc1c2c43. The molecule has 10 aromatic rings. The normalized spacial score (nSPS) is 12.0. The molecule has 0 saturated carbocycles. The Bertz CT molecular complexity index is 3670. The lowest BCUT2D eigenvalue weighted by Gasteiger charge is -2.34. The van der Waals surface area contributed by atoms with Gasteiger partial charge in [0.15, 0.2) is 0 Å². The minimum Gasteiger partial charge on any atom is -0.310 e. The summed E-state index contributed by atoms with van der Waals surface area (Å²) in [5.74, 6) is 0. The molecule has 0 radical (unpaired) electrons. The molecule has 10 aromatic carbocycles. The Balaban J connectivity index is 1.36. The second kappa shape index (κ2) is 18.8. The van der Waals surface area contributed by atoms with E-state index in [0.717, 1.165) is 45.3 Å². The van der Waals surface area contributed by atoms with Crippen LogP contribution in [-0.4, -0.2) is 0 Å². The van der Waals surface area contributed by atoms with Crippen LogP contribution in [0.4, 0.5) is 28.4 Å². The van der Waals surface area contributed by atoms with Gasteiger partial charge >= 0.3 is 0 Å². The molecule has 0 saturated heterocycles. The zero-order valence-electron chi connectivity index (χ0n) is 43.1. The fourth-order valence-corrected chi connectivity index (χ4v) is 10.9. The van der Waals surface area contributed by atoms with Gasteiger partial charge in [-0.25, -0.2) is 0 Å². The number of allylic oxidation sites excluding steroid dienone is 4. The minimum absolute atomic E-state index is 0.0227. The van der Waals surface area contributed by atoms with Crippen LogP contribution in [-0.2, 0) is 5.41 Å². The number of aryl methyl sites for hydroxylation is 6. The van der Waals surface area contributed by atoms with Gasteiger partial charge in [-0.1, -0.05) is 185 Å². The zero-order chi connectivity index (χ0) is 49.7. The van der Waals surface area contributed by atoms with Gasteiger partial charge in [0.25, 0.3) is 0 Å². The Morgan fingerprint density at radius 2 is 0.972 bits per heavy atom. The molecule has 0 unspecified atom stereocenters. The van der Waals surface area contributed by atoms with E-state index in [1.165, 1.54) is 93.5 Å². The maximum absolute atomic E-state index is 4.91. The van der Waals surface area contributed by atoms with Crippen LogP contribution in [0.1, 0.15) is 66.6 Å². The van der Waals surface area contributed by atoms with E-state index in [4.69, 9.17) is 6.58 Å². The van der Waals surface area contributed by atoms with Gasteiger partial charge in [0.1, 0.15) is 0 Å². The van der Waals surface area contributed by atoms with Crippen LogP contribution >= 0.6 is 0 Å². The number of hydrogen-bond donors (Lipinski definition) is 0. The third kappa shape index (κ3) is 8.63. The smallest absolute Gasteiger partial charge is 0.0561 e. The topological polar surface area (TPSA) is 6.48 Å². The van der Waals surface area contributed by atoms with Crippen molar-refractivity contribution in [3.05, 3.63) is 245 Å². The highest BCUT2D eigenvalue weighted by molar-refractivity contribution is 6.29. The summed E-state index contributed by atoms with van der Waals surface area (Å²) in [5, 5.41) is 7.34. The first-order chi connectivity index (χ1) is 34.2. The Hall–Kier alpha value is -7.94. The van der Waals surface area contributed by atoms with Gasteiger partial charge in [0.2, 0.25) is 0 Å². The van der Waals surface area contributed by atoms with Gasteiger partial charge in [0.05, 0.1) is 11.4 Å². The number of benzene rings is 10. The van der Waals surface area contributed by atoms with Crippen molar-refractivity contribution in [3.63, 3.8) is 0 Å². The van der Waals surface area contributed by atoms with E-state index in [-0.39, 0.29) is 5.41 Å². The molecule has 0 N–H and O–H groups in total. The molecule has 0 heterocycles. The quantitative estimate of drug-likeness (QED) is 0.0942. The standard InChI is InChI=1S/C69H64N2/c1-12-13-15-25-50(8)70(61-41-55(32-30-44(61)2)65-46(4)21-18-22-47(65)5)63-43-64(60-37-35-54-39-57(69(9,10)11)38-53-34-36-59(63)68(60)67(53)54)71(58-29-20-28-52(40-58)51-26-16-14-17-27-51)62-42-56(33-31-45(62)3)66-48(6)23-19-24-49(66)7/h12-43H,8H2,1-7,9-11H3/b13-12-,25-15-. The average molecular weight is 921 g/mol. The van der Waals surface area contributed by atoms with Crippen molar-refractivity contribution in [3.8, 4) is 33.4 Å². The molecule has 0 amide bonds. The summed E-state index contributed by atoms with van der Waals surface area (Å²) in [6, 6.07) is 63.7. The van der Waals surface area contributed by atoms with Crippen LogP contribution in [0.5, 0.6) is 0 Å². The summed E-state index contributed by atoms with van der Waals surface area (Å²) in [5.41, 5.74) is 22.2. The number of hydrogen-bond acceptors (Lipinski definition) is 2. The summed E-state index contributed by atoms with van der Waals surface area (Å²) in [7, 11) is 0. The predicted molar refractivity (Wildman–Crippen MR) is 310 cm³/mol.